The van der Waals surface area contributed by atoms with E-state index in [0.29, 0.717) is 0 Å². The molecule has 0 aromatic carbocycles. The number of alkyl halides is 3. The monoisotopic (exact) mass is 169 g/mol. The fourth-order valence-electron chi connectivity index (χ4n) is 0.743. The van der Waals surface area contributed by atoms with E-state index in [2.05, 4.69) is 4.74 Å². The first-order valence-electron chi connectivity index (χ1n) is 2.89. The average molecular weight is 169 g/mol. The summed E-state index contributed by atoms with van der Waals surface area (Å²) in [7, 11) is 1.26. The minimum Gasteiger partial charge on any atom is -0.434 e. The van der Waals surface area contributed by atoms with Crippen molar-refractivity contribution in [2.75, 3.05) is 13.6 Å². The fourth-order valence-corrected chi connectivity index (χ4v) is 0.743. The number of amides is 1. The lowest BCUT2D eigenvalue weighted by Crippen LogP contribution is -2.32. The Bertz CT molecular complexity index is 179. The van der Waals surface area contributed by atoms with Gasteiger partial charge in [0.1, 0.15) is 0 Å². The van der Waals surface area contributed by atoms with Crippen molar-refractivity contribution in [1.29, 1.82) is 0 Å². The Morgan fingerprint density at radius 3 is 2.36 bits per heavy atom. The number of halogens is 3. The van der Waals surface area contributed by atoms with E-state index in [4.69, 9.17) is 0 Å². The molecule has 3 nitrogen and oxygen atoms in total. The number of nitrogens with zero attached hydrogens (tertiary/aromatic N) is 1. The Hall–Kier alpha value is -0.940. The molecule has 0 aliphatic carbocycles. The zero-order valence-electron chi connectivity index (χ0n) is 5.68. The van der Waals surface area contributed by atoms with Gasteiger partial charge in [-0.1, -0.05) is 0 Å². The molecule has 6 heteroatoms. The highest BCUT2D eigenvalue weighted by molar-refractivity contribution is 5.69. The molecule has 64 valence electrons. The first-order valence-corrected chi connectivity index (χ1v) is 2.89. The van der Waals surface area contributed by atoms with Gasteiger partial charge >= 0.3 is 12.3 Å². The van der Waals surface area contributed by atoms with Gasteiger partial charge in [-0.25, -0.2) is 4.79 Å². The summed E-state index contributed by atoms with van der Waals surface area (Å²) in [5.41, 5.74) is 0. The molecule has 1 aliphatic heterocycles. The van der Waals surface area contributed by atoms with Gasteiger partial charge < -0.3 is 9.64 Å². The molecule has 1 heterocycles. The summed E-state index contributed by atoms with van der Waals surface area (Å²) in [6.07, 6.45) is -7.33. The molecule has 1 rings (SSSR count). The van der Waals surface area contributed by atoms with E-state index in [-0.39, 0.29) is 0 Å². The van der Waals surface area contributed by atoms with Crippen LogP contribution >= 0.6 is 0 Å². The van der Waals surface area contributed by atoms with Crippen molar-refractivity contribution < 1.29 is 22.7 Å². The van der Waals surface area contributed by atoms with Crippen LogP contribution in [0.3, 0.4) is 0 Å². The molecule has 0 spiro atoms. The number of hydrogen-bond acceptors (Lipinski definition) is 2. The van der Waals surface area contributed by atoms with Crippen molar-refractivity contribution in [2.45, 2.75) is 12.3 Å². The summed E-state index contributed by atoms with van der Waals surface area (Å²) in [4.78, 5) is 11.3. The largest absolute Gasteiger partial charge is 0.434 e. The van der Waals surface area contributed by atoms with Crippen LogP contribution in [-0.2, 0) is 4.74 Å². The highest BCUT2D eigenvalue weighted by Gasteiger charge is 2.48. The molecule has 11 heavy (non-hydrogen) atoms. The maximum atomic E-state index is 11.8. The van der Waals surface area contributed by atoms with Crippen molar-refractivity contribution in [1.82, 2.24) is 4.90 Å². The van der Waals surface area contributed by atoms with Gasteiger partial charge in [-0.05, 0) is 0 Å². The van der Waals surface area contributed by atoms with Crippen LogP contribution in [0.15, 0.2) is 0 Å². The van der Waals surface area contributed by atoms with E-state index in [1.54, 1.807) is 0 Å². The smallest absolute Gasteiger partial charge is 0.427 e. The van der Waals surface area contributed by atoms with Crippen molar-refractivity contribution in [3.05, 3.63) is 0 Å². The molecule has 1 saturated heterocycles. The number of cyclic esters (lactones) is 1. The van der Waals surface area contributed by atoms with Crippen LogP contribution in [0.5, 0.6) is 0 Å². The lowest BCUT2D eigenvalue weighted by Gasteiger charge is -2.11. The molecule has 0 aromatic rings. The highest BCUT2D eigenvalue weighted by Crippen LogP contribution is 2.27. The van der Waals surface area contributed by atoms with Gasteiger partial charge in [0, 0.05) is 7.05 Å². The Kier molecular flexibility index (Phi) is 1.69. The normalized spacial score (nSPS) is 25.6. The summed E-state index contributed by atoms with van der Waals surface area (Å²) in [6, 6.07) is 0. The third-order valence-electron chi connectivity index (χ3n) is 1.36. The zero-order valence-corrected chi connectivity index (χ0v) is 5.68. The van der Waals surface area contributed by atoms with E-state index in [1.165, 1.54) is 7.05 Å². The topological polar surface area (TPSA) is 29.5 Å². The van der Waals surface area contributed by atoms with Crippen molar-refractivity contribution >= 4 is 6.09 Å². The minimum absolute atomic E-state index is 0.414. The fraction of sp³-hybridized carbons (Fsp3) is 0.800. The maximum Gasteiger partial charge on any atom is 0.427 e. The van der Waals surface area contributed by atoms with E-state index < -0.39 is 24.9 Å². The maximum absolute atomic E-state index is 11.8. The summed E-state index contributed by atoms with van der Waals surface area (Å²) in [5.74, 6) is 0. The van der Waals surface area contributed by atoms with Gasteiger partial charge in [0.2, 0.25) is 6.10 Å². The van der Waals surface area contributed by atoms with Gasteiger partial charge in [0.25, 0.3) is 0 Å². The number of ether oxygens (including phenoxy) is 1. The minimum atomic E-state index is -4.44. The van der Waals surface area contributed by atoms with Gasteiger partial charge in [-0.15, -0.1) is 0 Å². The SMILES string of the molecule is CN1CC(C(F)(F)F)OC1=O. The van der Waals surface area contributed by atoms with Gasteiger partial charge in [0.05, 0.1) is 6.54 Å². The van der Waals surface area contributed by atoms with Crippen LogP contribution in [-0.4, -0.2) is 36.9 Å². The van der Waals surface area contributed by atoms with E-state index >= 15 is 0 Å². The molecule has 0 saturated carbocycles. The second-order valence-corrected chi connectivity index (χ2v) is 2.29. The van der Waals surface area contributed by atoms with E-state index in [1.807, 2.05) is 0 Å². The summed E-state index contributed by atoms with van der Waals surface area (Å²) >= 11 is 0. The van der Waals surface area contributed by atoms with Crippen LogP contribution in [0.2, 0.25) is 0 Å². The van der Waals surface area contributed by atoms with Crippen LogP contribution in [0, 0.1) is 0 Å². The lowest BCUT2D eigenvalue weighted by atomic mass is 10.3. The predicted octanol–water partition coefficient (Wildman–Crippen LogP) is 0.999. The van der Waals surface area contributed by atoms with Crippen LogP contribution < -0.4 is 0 Å². The molecular weight excluding hydrogens is 163 g/mol. The van der Waals surface area contributed by atoms with Crippen LogP contribution in [0.4, 0.5) is 18.0 Å². The standard InChI is InChI=1S/C5H6F3NO2/c1-9-2-3(5(6,7)8)11-4(9)10/h3H,2H2,1H3. The van der Waals surface area contributed by atoms with Gasteiger partial charge in [0.15, 0.2) is 0 Å². The second-order valence-electron chi connectivity index (χ2n) is 2.29. The number of hydrogen-bond donors (Lipinski definition) is 0. The average Bonchev–Trinajstić information content (AvgIpc) is 2.11. The molecule has 1 atom stereocenters. The third kappa shape index (κ3) is 1.55. The number of likely N-dealkylation sites (N-methyl/N-ethyl adjacent to an activating group) is 1. The molecule has 0 N–H and O–H groups in total. The van der Waals surface area contributed by atoms with Crippen molar-refractivity contribution in [3.63, 3.8) is 0 Å². The molecular formula is C5H6F3NO2. The molecule has 1 amide bonds. The Morgan fingerprint density at radius 1 is 1.64 bits per heavy atom. The van der Waals surface area contributed by atoms with Crippen LogP contribution in [0.25, 0.3) is 0 Å². The molecule has 0 bridgehead atoms. The Labute approximate surface area is 60.7 Å². The Morgan fingerprint density at radius 2 is 2.18 bits per heavy atom. The van der Waals surface area contributed by atoms with Crippen molar-refractivity contribution in [2.24, 2.45) is 0 Å². The molecule has 1 fully saturated rings. The zero-order chi connectivity index (χ0) is 8.65. The summed E-state index contributed by atoms with van der Waals surface area (Å²) in [5, 5.41) is 0. The quantitative estimate of drug-likeness (QED) is 0.541. The first-order chi connectivity index (χ1) is 4.91. The summed E-state index contributed by atoms with van der Waals surface area (Å²) in [6.45, 7) is -0.414. The number of carbonyl (C=O) groups is 1. The molecule has 0 aromatic heterocycles. The van der Waals surface area contributed by atoms with E-state index in [9.17, 15) is 18.0 Å². The molecule has 0 radical (unpaired) electrons. The van der Waals surface area contributed by atoms with Crippen molar-refractivity contribution in [3.8, 4) is 0 Å². The van der Waals surface area contributed by atoms with Gasteiger partial charge in [-0.2, -0.15) is 13.2 Å². The highest BCUT2D eigenvalue weighted by atomic mass is 19.4. The van der Waals surface area contributed by atoms with Crippen LogP contribution in [0.1, 0.15) is 0 Å². The molecule has 1 aliphatic rings. The lowest BCUT2D eigenvalue weighted by molar-refractivity contribution is -0.192. The second kappa shape index (κ2) is 2.28. The Balaban J connectivity index is 2.61. The van der Waals surface area contributed by atoms with Gasteiger partial charge in [-0.3, -0.25) is 0 Å². The number of carbonyl (C=O) groups excluding carboxylic acids is 1. The summed E-state index contributed by atoms with van der Waals surface area (Å²) < 4.78 is 39.4. The third-order valence-corrected chi connectivity index (χ3v) is 1.36. The van der Waals surface area contributed by atoms with E-state index in [0.717, 1.165) is 4.90 Å². The molecule has 1 unspecified atom stereocenters. The first kappa shape index (κ1) is 8.16. The number of rotatable bonds is 0. The predicted molar refractivity (Wildman–Crippen MR) is 29.0 cm³/mol.